The molecule has 0 aromatic rings. The Balaban J connectivity index is 11.0. The normalized spacial score (nSPS) is 16.7. The third-order valence-electron chi connectivity index (χ3n) is 18.9. The van der Waals surface area contributed by atoms with Crippen LogP contribution in [-0.2, 0) is 26.4 Å². The summed E-state index contributed by atoms with van der Waals surface area (Å²) in [4.78, 5) is 0. The Morgan fingerprint density at radius 2 is 0.263 bits per heavy atom. The molecular formula is C64H144O6P6. The summed E-state index contributed by atoms with van der Waals surface area (Å²) in [5.74, 6) is 0. The Hall–Kier alpha value is 2.02. The fourth-order valence-corrected chi connectivity index (χ4v) is 64.3. The SMILES string of the molecule is CCCCP(CCCC)(CCCC)(CCCC)OP(=O)(OP(CCCC)(CCCC)(CCCC)CCCC)P(=O)(OP(CCCC)(CCCC)(CCCC)CCCC)OP(CCCC)(CCCC)(CCCC)CCCC. The van der Waals surface area contributed by atoms with Crippen molar-refractivity contribution in [1.29, 1.82) is 0 Å². The molecule has 0 rings (SSSR count). The van der Waals surface area contributed by atoms with Gasteiger partial charge in [0.15, 0.2) is 0 Å². The Labute approximate surface area is 480 Å². The molecule has 0 bridgehead atoms. The summed E-state index contributed by atoms with van der Waals surface area (Å²) < 4.78 is 74.4. The van der Waals surface area contributed by atoms with Gasteiger partial charge in [-0.2, -0.15) is 0 Å². The van der Waals surface area contributed by atoms with Gasteiger partial charge in [-0.05, 0) is 0 Å². The maximum absolute atomic E-state index is 19.6. The van der Waals surface area contributed by atoms with Crippen LogP contribution in [0, 0.1) is 0 Å². The minimum atomic E-state index is -4.88. The van der Waals surface area contributed by atoms with Crippen LogP contribution in [0.5, 0.6) is 0 Å². The van der Waals surface area contributed by atoms with Crippen molar-refractivity contribution in [1.82, 2.24) is 0 Å². The first-order chi connectivity index (χ1) is 36.3. The van der Waals surface area contributed by atoms with Gasteiger partial charge in [-0.25, -0.2) is 0 Å². The van der Waals surface area contributed by atoms with Crippen molar-refractivity contribution in [3.63, 3.8) is 0 Å². The second-order valence-corrected chi connectivity index (χ2v) is 55.4. The Kier molecular flexibility index (Phi) is 40.7. The molecule has 6 nitrogen and oxygen atoms in total. The van der Waals surface area contributed by atoms with Crippen molar-refractivity contribution >= 4 is 41.9 Å². The van der Waals surface area contributed by atoms with E-state index in [1.165, 1.54) is 0 Å². The summed E-state index contributed by atoms with van der Waals surface area (Å²) in [5, 5.41) is 0. The van der Waals surface area contributed by atoms with Gasteiger partial charge in [0.1, 0.15) is 0 Å². The van der Waals surface area contributed by atoms with Gasteiger partial charge in [-0.3, -0.25) is 0 Å². The van der Waals surface area contributed by atoms with E-state index in [4.69, 9.17) is 17.2 Å². The van der Waals surface area contributed by atoms with Crippen LogP contribution in [0.4, 0.5) is 0 Å². The molecule has 0 atom stereocenters. The molecule has 0 aromatic carbocycles. The van der Waals surface area contributed by atoms with Crippen molar-refractivity contribution in [2.75, 3.05) is 98.6 Å². The van der Waals surface area contributed by atoms with Crippen LogP contribution >= 0.6 is 41.9 Å². The third kappa shape index (κ3) is 23.5. The zero-order chi connectivity index (χ0) is 57.6. The van der Waals surface area contributed by atoms with Gasteiger partial charge in [0, 0.05) is 0 Å². The molecule has 0 spiro atoms. The van der Waals surface area contributed by atoms with Crippen molar-refractivity contribution in [3.05, 3.63) is 0 Å². The average Bonchev–Trinajstić information content (AvgIpc) is 3.43. The van der Waals surface area contributed by atoms with Gasteiger partial charge in [0.25, 0.3) is 0 Å². The standard InChI is InChI=1S/C64H144O6P6/c1-17-33-49-73(50-34-18-2,51-35-19-3,52-36-20-4)67-71(65,68-74(53-37-21-5,54-38-22-6,55-39-23-7)56-40-24-8)72(66,69-75(57-41-25-9,58-42-26-10,59-43-27-11)60-44-28-12)70-76(61-45-29-13,62-46-30-14,63-47-31-15)64-48-32-16/h17-64H2,1-16H3. The van der Waals surface area contributed by atoms with E-state index in [0.717, 1.165) is 304 Å². The summed E-state index contributed by atoms with van der Waals surface area (Å²) in [5.41, 5.74) is 0. The first kappa shape index (κ1) is 78.0. The summed E-state index contributed by atoms with van der Waals surface area (Å²) >= 11 is 0. The number of hydrogen-bond acceptors (Lipinski definition) is 6. The van der Waals surface area contributed by atoms with Gasteiger partial charge in [-0.1, -0.05) is 0 Å². The molecule has 76 heavy (non-hydrogen) atoms. The second kappa shape index (κ2) is 39.6. The van der Waals surface area contributed by atoms with Crippen molar-refractivity contribution in [2.24, 2.45) is 0 Å². The molecule has 12 heteroatoms. The van der Waals surface area contributed by atoms with Crippen LogP contribution < -0.4 is 0 Å². The molecule has 0 unspecified atom stereocenters. The first-order valence-corrected chi connectivity index (χ1v) is 49.8. The van der Waals surface area contributed by atoms with Crippen LogP contribution in [-0.4, -0.2) is 98.6 Å². The van der Waals surface area contributed by atoms with E-state index in [2.05, 4.69) is 111 Å². The van der Waals surface area contributed by atoms with Crippen molar-refractivity contribution in [3.8, 4) is 0 Å². The topological polar surface area (TPSA) is 71.1 Å². The van der Waals surface area contributed by atoms with Crippen LogP contribution in [0.3, 0.4) is 0 Å². The van der Waals surface area contributed by atoms with Gasteiger partial charge < -0.3 is 0 Å². The molecule has 0 aliphatic carbocycles. The second-order valence-electron chi connectivity index (χ2n) is 25.9. The van der Waals surface area contributed by atoms with Crippen LogP contribution in [0.25, 0.3) is 0 Å². The Bertz CT molecular complexity index is 1170. The van der Waals surface area contributed by atoms with Gasteiger partial charge in [0.05, 0.1) is 0 Å². The molecule has 0 aliphatic heterocycles. The molecule has 0 amide bonds. The number of hydrogen-bond donors (Lipinski definition) is 0. The van der Waals surface area contributed by atoms with Crippen molar-refractivity contribution < 1.29 is 26.4 Å². The van der Waals surface area contributed by atoms with E-state index in [0.29, 0.717) is 0 Å². The molecular weight excluding hydrogens is 1050 g/mol. The van der Waals surface area contributed by atoms with Gasteiger partial charge in [-0.15, -0.1) is 0 Å². The number of rotatable bonds is 57. The van der Waals surface area contributed by atoms with Crippen LogP contribution in [0.15, 0.2) is 0 Å². The summed E-state index contributed by atoms with van der Waals surface area (Å²) in [6.07, 6.45) is 48.2. The summed E-state index contributed by atoms with van der Waals surface area (Å²) in [6, 6.07) is 0. The third-order valence-corrected chi connectivity index (χ3v) is 57.8. The molecule has 0 fully saturated rings. The molecule has 0 aromatic heterocycles. The average molecular weight is 1200 g/mol. The molecule has 0 radical (unpaired) electrons. The molecule has 0 saturated heterocycles. The number of unbranched alkanes of at least 4 members (excludes halogenated alkanes) is 16. The van der Waals surface area contributed by atoms with E-state index in [-0.39, 0.29) is 0 Å². The van der Waals surface area contributed by atoms with E-state index in [1.54, 1.807) is 0 Å². The molecule has 466 valence electrons. The molecule has 0 aliphatic rings. The van der Waals surface area contributed by atoms with E-state index in [1.807, 2.05) is 0 Å². The van der Waals surface area contributed by atoms with Crippen LogP contribution in [0.1, 0.15) is 316 Å². The predicted molar refractivity (Wildman–Crippen MR) is 364 cm³/mol. The van der Waals surface area contributed by atoms with E-state index < -0.39 is 41.9 Å². The summed E-state index contributed by atoms with van der Waals surface area (Å²) in [7, 11) is -9.76. The van der Waals surface area contributed by atoms with Gasteiger partial charge in [0.2, 0.25) is 0 Å². The molecule has 0 saturated carbocycles. The van der Waals surface area contributed by atoms with Crippen LogP contribution in [0.2, 0.25) is 0 Å². The fourth-order valence-electron chi connectivity index (χ4n) is 13.6. The zero-order valence-electron chi connectivity index (χ0n) is 55.1. The van der Waals surface area contributed by atoms with Crippen molar-refractivity contribution in [2.45, 2.75) is 316 Å². The quantitative estimate of drug-likeness (QED) is 0.0565. The minimum absolute atomic E-state index is 0.932. The van der Waals surface area contributed by atoms with E-state index >= 15 is 9.13 Å². The predicted octanol–water partition coefficient (Wildman–Crippen LogP) is 26.0. The Morgan fingerprint density at radius 3 is 0.329 bits per heavy atom. The molecule has 0 heterocycles. The monoisotopic (exact) mass is 1190 g/mol. The zero-order valence-corrected chi connectivity index (χ0v) is 60.4. The first-order valence-electron chi connectivity index (χ1n) is 34.4. The maximum atomic E-state index is 19.6. The molecule has 0 N–H and O–H groups in total. The fraction of sp³-hybridized carbons (Fsp3) is 1.00. The summed E-state index contributed by atoms with van der Waals surface area (Å²) in [6.45, 7) is 23.3. The van der Waals surface area contributed by atoms with E-state index in [9.17, 15) is 0 Å². The Morgan fingerprint density at radius 1 is 0.184 bits per heavy atom. The van der Waals surface area contributed by atoms with Gasteiger partial charge >= 0.3 is 483 Å².